The summed E-state index contributed by atoms with van der Waals surface area (Å²) in [6.07, 6.45) is 2.49. The Morgan fingerprint density at radius 2 is 2.31 bits per heavy atom. The summed E-state index contributed by atoms with van der Waals surface area (Å²) < 4.78 is 0. The number of alkyl halides is 1. The minimum atomic E-state index is 0.111. The molecule has 1 unspecified atom stereocenters. The maximum atomic E-state index is 5.80. The van der Waals surface area contributed by atoms with Crippen molar-refractivity contribution >= 4 is 17.4 Å². The number of hydrogen-bond donors (Lipinski definition) is 1. The zero-order valence-electron chi connectivity index (χ0n) is 7.92. The van der Waals surface area contributed by atoms with Gasteiger partial charge in [-0.25, -0.2) is 9.97 Å². The molecule has 0 saturated heterocycles. The number of rotatable bonds is 4. The van der Waals surface area contributed by atoms with E-state index in [-0.39, 0.29) is 5.38 Å². The average Bonchev–Trinajstić information content (AvgIpc) is 2.15. The van der Waals surface area contributed by atoms with Crippen LogP contribution in [0.4, 0.5) is 5.82 Å². The number of aryl methyl sites for hydroxylation is 1. The standard InChI is InChI=1S/C9H14ClN3/c1-3-8-4-9(13-6-12-8)11-5-7(2)10/h4,6-7H,3,5H2,1-2H3,(H,11,12,13). The number of anilines is 1. The Kier molecular flexibility index (Phi) is 3.96. The van der Waals surface area contributed by atoms with E-state index in [0.717, 1.165) is 24.5 Å². The van der Waals surface area contributed by atoms with Crippen LogP contribution in [0.5, 0.6) is 0 Å². The van der Waals surface area contributed by atoms with Gasteiger partial charge in [-0.05, 0) is 13.3 Å². The molecule has 1 rings (SSSR count). The fourth-order valence-corrected chi connectivity index (χ4v) is 1.01. The third kappa shape index (κ3) is 3.59. The Hall–Kier alpha value is -0.830. The Morgan fingerprint density at radius 3 is 2.92 bits per heavy atom. The summed E-state index contributed by atoms with van der Waals surface area (Å²) in [6.45, 7) is 4.73. The van der Waals surface area contributed by atoms with E-state index in [1.807, 2.05) is 13.0 Å². The molecule has 72 valence electrons. The molecular weight excluding hydrogens is 186 g/mol. The first-order chi connectivity index (χ1) is 6.22. The van der Waals surface area contributed by atoms with E-state index >= 15 is 0 Å². The van der Waals surface area contributed by atoms with Crippen LogP contribution in [-0.4, -0.2) is 21.9 Å². The lowest BCUT2D eigenvalue weighted by Crippen LogP contribution is -2.11. The summed E-state index contributed by atoms with van der Waals surface area (Å²) in [6, 6.07) is 1.94. The van der Waals surface area contributed by atoms with Crippen LogP contribution in [0.2, 0.25) is 0 Å². The van der Waals surface area contributed by atoms with E-state index < -0.39 is 0 Å². The molecule has 0 radical (unpaired) electrons. The summed E-state index contributed by atoms with van der Waals surface area (Å²) in [5.74, 6) is 0.847. The Morgan fingerprint density at radius 1 is 1.54 bits per heavy atom. The molecule has 4 heteroatoms. The molecule has 0 bridgehead atoms. The first-order valence-corrected chi connectivity index (χ1v) is 4.85. The predicted octanol–water partition coefficient (Wildman–Crippen LogP) is 2.08. The number of nitrogens with one attached hydrogen (secondary N) is 1. The molecule has 1 N–H and O–H groups in total. The van der Waals surface area contributed by atoms with Gasteiger partial charge < -0.3 is 5.32 Å². The molecule has 0 saturated carbocycles. The quantitative estimate of drug-likeness (QED) is 0.755. The molecule has 3 nitrogen and oxygen atoms in total. The van der Waals surface area contributed by atoms with Crippen LogP contribution in [0, 0.1) is 0 Å². The Balaban J connectivity index is 2.56. The number of nitrogens with zero attached hydrogens (tertiary/aromatic N) is 2. The topological polar surface area (TPSA) is 37.8 Å². The summed E-state index contributed by atoms with van der Waals surface area (Å²) in [7, 11) is 0. The van der Waals surface area contributed by atoms with Crippen LogP contribution in [0.1, 0.15) is 19.5 Å². The molecule has 0 aliphatic carbocycles. The molecule has 0 amide bonds. The minimum absolute atomic E-state index is 0.111. The van der Waals surface area contributed by atoms with Crippen molar-refractivity contribution < 1.29 is 0 Å². The maximum absolute atomic E-state index is 5.80. The average molecular weight is 200 g/mol. The molecular formula is C9H14ClN3. The van der Waals surface area contributed by atoms with Crippen molar-refractivity contribution in [3.05, 3.63) is 18.1 Å². The van der Waals surface area contributed by atoms with Gasteiger partial charge in [0.05, 0.1) is 0 Å². The van der Waals surface area contributed by atoms with Crippen LogP contribution >= 0.6 is 11.6 Å². The zero-order valence-corrected chi connectivity index (χ0v) is 8.67. The van der Waals surface area contributed by atoms with Crippen molar-refractivity contribution in [1.82, 2.24) is 9.97 Å². The lowest BCUT2D eigenvalue weighted by atomic mass is 10.3. The van der Waals surface area contributed by atoms with Gasteiger partial charge >= 0.3 is 0 Å². The molecule has 1 aromatic heterocycles. The van der Waals surface area contributed by atoms with Gasteiger partial charge in [-0.2, -0.15) is 0 Å². The van der Waals surface area contributed by atoms with Crippen molar-refractivity contribution in [3.63, 3.8) is 0 Å². The Labute approximate surface area is 83.5 Å². The van der Waals surface area contributed by atoms with Gasteiger partial charge in [0.1, 0.15) is 12.1 Å². The maximum Gasteiger partial charge on any atom is 0.129 e. The SMILES string of the molecule is CCc1cc(NCC(C)Cl)ncn1. The first kappa shape index (κ1) is 10.3. The van der Waals surface area contributed by atoms with E-state index in [1.54, 1.807) is 6.33 Å². The van der Waals surface area contributed by atoms with Gasteiger partial charge in [-0.3, -0.25) is 0 Å². The van der Waals surface area contributed by atoms with Gasteiger partial charge in [0.15, 0.2) is 0 Å². The highest BCUT2D eigenvalue weighted by atomic mass is 35.5. The zero-order chi connectivity index (χ0) is 9.68. The van der Waals surface area contributed by atoms with Crippen LogP contribution in [0.25, 0.3) is 0 Å². The van der Waals surface area contributed by atoms with Crippen LogP contribution < -0.4 is 5.32 Å². The van der Waals surface area contributed by atoms with Crippen LogP contribution in [-0.2, 0) is 6.42 Å². The van der Waals surface area contributed by atoms with Crippen molar-refractivity contribution in [2.24, 2.45) is 0 Å². The minimum Gasteiger partial charge on any atom is -0.368 e. The van der Waals surface area contributed by atoms with E-state index in [4.69, 9.17) is 11.6 Å². The van der Waals surface area contributed by atoms with Gasteiger partial charge in [0.2, 0.25) is 0 Å². The molecule has 1 atom stereocenters. The molecule has 1 heterocycles. The van der Waals surface area contributed by atoms with Crippen molar-refractivity contribution in [2.75, 3.05) is 11.9 Å². The van der Waals surface area contributed by atoms with Crippen LogP contribution in [0.3, 0.4) is 0 Å². The summed E-state index contributed by atoms with van der Waals surface area (Å²) in [5.41, 5.74) is 1.04. The second-order valence-corrected chi connectivity index (χ2v) is 3.65. The molecule has 13 heavy (non-hydrogen) atoms. The third-order valence-electron chi connectivity index (χ3n) is 1.65. The summed E-state index contributed by atoms with van der Waals surface area (Å²) >= 11 is 5.80. The second-order valence-electron chi connectivity index (χ2n) is 2.91. The summed E-state index contributed by atoms with van der Waals surface area (Å²) in [5, 5.41) is 3.25. The lowest BCUT2D eigenvalue weighted by molar-refractivity contribution is 0.953. The Bertz CT molecular complexity index is 263. The van der Waals surface area contributed by atoms with Crippen molar-refractivity contribution in [3.8, 4) is 0 Å². The molecule has 0 aromatic carbocycles. The van der Waals surface area contributed by atoms with Gasteiger partial charge in [0, 0.05) is 23.7 Å². The monoisotopic (exact) mass is 199 g/mol. The largest absolute Gasteiger partial charge is 0.368 e. The van der Waals surface area contributed by atoms with Crippen LogP contribution in [0.15, 0.2) is 12.4 Å². The fourth-order valence-electron chi connectivity index (χ4n) is 0.933. The molecule has 0 aliphatic rings. The van der Waals surface area contributed by atoms with E-state index in [0.29, 0.717) is 0 Å². The highest BCUT2D eigenvalue weighted by Crippen LogP contribution is 2.05. The third-order valence-corrected chi connectivity index (χ3v) is 1.80. The second kappa shape index (κ2) is 5.02. The van der Waals surface area contributed by atoms with Crippen molar-refractivity contribution in [1.29, 1.82) is 0 Å². The summed E-state index contributed by atoms with van der Waals surface area (Å²) in [4.78, 5) is 8.18. The van der Waals surface area contributed by atoms with Gasteiger partial charge in [-0.15, -0.1) is 11.6 Å². The number of aromatic nitrogens is 2. The van der Waals surface area contributed by atoms with E-state index in [9.17, 15) is 0 Å². The predicted molar refractivity (Wildman–Crippen MR) is 55.2 cm³/mol. The highest BCUT2D eigenvalue weighted by molar-refractivity contribution is 6.20. The molecule has 0 aliphatic heterocycles. The van der Waals surface area contributed by atoms with E-state index in [2.05, 4.69) is 22.2 Å². The molecule has 0 spiro atoms. The van der Waals surface area contributed by atoms with Gasteiger partial charge in [-0.1, -0.05) is 6.92 Å². The number of hydrogen-bond acceptors (Lipinski definition) is 3. The molecule has 1 aromatic rings. The smallest absolute Gasteiger partial charge is 0.129 e. The fraction of sp³-hybridized carbons (Fsp3) is 0.556. The normalized spacial score (nSPS) is 12.5. The number of halogens is 1. The first-order valence-electron chi connectivity index (χ1n) is 4.41. The van der Waals surface area contributed by atoms with Crippen molar-refractivity contribution in [2.45, 2.75) is 25.6 Å². The van der Waals surface area contributed by atoms with E-state index in [1.165, 1.54) is 0 Å². The lowest BCUT2D eigenvalue weighted by Gasteiger charge is -2.06. The van der Waals surface area contributed by atoms with Gasteiger partial charge in [0.25, 0.3) is 0 Å². The molecule has 0 fully saturated rings. The highest BCUT2D eigenvalue weighted by Gasteiger charge is 1.98.